The predicted molar refractivity (Wildman–Crippen MR) is 124 cm³/mol. The van der Waals surface area contributed by atoms with Crippen LogP contribution in [0.25, 0.3) is 11.4 Å². The van der Waals surface area contributed by atoms with E-state index in [1.54, 1.807) is 33.9 Å². The molecule has 0 bridgehead atoms. The second kappa shape index (κ2) is 8.45. The molecule has 1 atom stereocenters. The van der Waals surface area contributed by atoms with Crippen LogP contribution in [-0.2, 0) is 11.8 Å². The minimum absolute atomic E-state index is 0.0426. The standard InChI is InChI=1S/C21H19N5O2S3/c1-13-14(7-8-28-13)20-22-23-21(25(20)2)31-12-19(27)26-16(18-6-4-10-30-18)11-15(24-26)17-5-3-9-29-17/h3-10,16H,11-12H2,1-2H3/t16-/m0/s1. The third-order valence-corrected chi connectivity index (χ3v) is 8.00. The van der Waals surface area contributed by atoms with Gasteiger partial charge in [0.1, 0.15) is 5.76 Å². The van der Waals surface area contributed by atoms with Crippen molar-refractivity contribution in [3.63, 3.8) is 0 Å². The summed E-state index contributed by atoms with van der Waals surface area (Å²) in [6.07, 6.45) is 2.36. The number of thiophene rings is 2. The van der Waals surface area contributed by atoms with Gasteiger partial charge in [0.15, 0.2) is 11.0 Å². The van der Waals surface area contributed by atoms with Gasteiger partial charge in [-0.25, -0.2) is 5.01 Å². The van der Waals surface area contributed by atoms with Gasteiger partial charge in [0, 0.05) is 18.3 Å². The molecular formula is C21H19N5O2S3. The largest absolute Gasteiger partial charge is 0.469 e. The fraction of sp³-hybridized carbons (Fsp3) is 0.238. The fourth-order valence-corrected chi connectivity index (χ4v) is 5.82. The van der Waals surface area contributed by atoms with E-state index in [1.165, 1.54) is 11.8 Å². The van der Waals surface area contributed by atoms with E-state index in [-0.39, 0.29) is 17.7 Å². The van der Waals surface area contributed by atoms with Crippen molar-refractivity contribution in [2.75, 3.05) is 5.75 Å². The molecule has 0 saturated carbocycles. The van der Waals surface area contributed by atoms with Crippen LogP contribution >= 0.6 is 34.4 Å². The van der Waals surface area contributed by atoms with Gasteiger partial charge >= 0.3 is 0 Å². The van der Waals surface area contributed by atoms with Crippen LogP contribution in [0.3, 0.4) is 0 Å². The molecule has 7 nitrogen and oxygen atoms in total. The number of nitrogens with zero attached hydrogens (tertiary/aromatic N) is 5. The maximum absolute atomic E-state index is 13.2. The van der Waals surface area contributed by atoms with E-state index in [4.69, 9.17) is 9.52 Å². The topological polar surface area (TPSA) is 76.5 Å². The summed E-state index contributed by atoms with van der Waals surface area (Å²) in [5, 5.41) is 19.6. The normalized spacial score (nSPS) is 16.1. The van der Waals surface area contributed by atoms with Crippen LogP contribution < -0.4 is 0 Å². The van der Waals surface area contributed by atoms with E-state index in [2.05, 4.69) is 22.3 Å². The van der Waals surface area contributed by atoms with Gasteiger partial charge < -0.3 is 8.98 Å². The van der Waals surface area contributed by atoms with Crippen molar-refractivity contribution in [2.45, 2.75) is 24.5 Å². The molecular weight excluding hydrogens is 450 g/mol. The number of aryl methyl sites for hydroxylation is 1. The Morgan fingerprint density at radius 2 is 2.06 bits per heavy atom. The minimum atomic E-state index is -0.0613. The van der Waals surface area contributed by atoms with E-state index < -0.39 is 0 Å². The van der Waals surface area contributed by atoms with E-state index in [1.807, 2.05) is 47.5 Å². The third kappa shape index (κ3) is 3.86. The SMILES string of the molecule is Cc1occc1-c1nnc(SCC(=O)N2N=C(c3cccs3)C[C@H]2c2cccs2)n1C. The summed E-state index contributed by atoms with van der Waals surface area (Å²) in [5.41, 5.74) is 1.86. The van der Waals surface area contributed by atoms with Crippen molar-refractivity contribution in [3.05, 3.63) is 62.9 Å². The molecule has 4 aromatic heterocycles. The maximum Gasteiger partial charge on any atom is 0.253 e. The van der Waals surface area contributed by atoms with Gasteiger partial charge in [-0.1, -0.05) is 23.9 Å². The molecule has 5 heterocycles. The van der Waals surface area contributed by atoms with E-state index in [0.29, 0.717) is 5.16 Å². The first kappa shape index (κ1) is 20.2. The van der Waals surface area contributed by atoms with Crippen LogP contribution in [-0.4, -0.2) is 37.1 Å². The number of carbonyl (C=O) groups is 1. The average molecular weight is 470 g/mol. The lowest BCUT2D eigenvalue weighted by Gasteiger charge is -2.20. The Kier molecular flexibility index (Phi) is 5.51. The number of hydrogen-bond donors (Lipinski definition) is 0. The highest BCUT2D eigenvalue weighted by atomic mass is 32.2. The van der Waals surface area contributed by atoms with Crippen LogP contribution in [0.4, 0.5) is 0 Å². The molecule has 10 heteroatoms. The molecule has 0 N–H and O–H groups in total. The Bertz CT molecular complexity index is 1220. The summed E-state index contributed by atoms with van der Waals surface area (Å²) in [6.45, 7) is 1.89. The zero-order valence-electron chi connectivity index (χ0n) is 16.9. The molecule has 0 radical (unpaired) electrons. The minimum Gasteiger partial charge on any atom is -0.469 e. The quantitative estimate of drug-likeness (QED) is 0.372. The predicted octanol–water partition coefficient (Wildman–Crippen LogP) is 4.98. The molecule has 0 fully saturated rings. The van der Waals surface area contributed by atoms with Gasteiger partial charge in [-0.15, -0.1) is 32.9 Å². The monoisotopic (exact) mass is 469 g/mol. The van der Waals surface area contributed by atoms with Crippen molar-refractivity contribution in [2.24, 2.45) is 12.1 Å². The molecule has 1 aliphatic rings. The van der Waals surface area contributed by atoms with Gasteiger partial charge in [-0.2, -0.15) is 5.10 Å². The highest BCUT2D eigenvalue weighted by Crippen LogP contribution is 2.36. The molecule has 1 aliphatic heterocycles. The molecule has 4 aromatic rings. The zero-order chi connectivity index (χ0) is 21.4. The molecule has 1 amide bonds. The number of hydrogen-bond acceptors (Lipinski definition) is 8. The van der Waals surface area contributed by atoms with Crippen molar-refractivity contribution in [1.29, 1.82) is 0 Å². The van der Waals surface area contributed by atoms with E-state index in [9.17, 15) is 4.79 Å². The summed E-state index contributed by atoms with van der Waals surface area (Å²) >= 11 is 4.67. The zero-order valence-corrected chi connectivity index (χ0v) is 19.3. The van der Waals surface area contributed by atoms with Crippen LogP contribution in [0, 0.1) is 6.92 Å². The Morgan fingerprint density at radius 3 is 2.77 bits per heavy atom. The number of amides is 1. The maximum atomic E-state index is 13.2. The summed E-state index contributed by atoms with van der Waals surface area (Å²) in [5.74, 6) is 1.70. The summed E-state index contributed by atoms with van der Waals surface area (Å²) in [7, 11) is 1.89. The molecule has 0 spiro atoms. The van der Waals surface area contributed by atoms with Crippen molar-refractivity contribution >= 4 is 46.1 Å². The highest BCUT2D eigenvalue weighted by molar-refractivity contribution is 7.99. The fourth-order valence-electron chi connectivity index (χ4n) is 3.52. The summed E-state index contributed by atoms with van der Waals surface area (Å²) in [4.78, 5) is 15.4. The van der Waals surface area contributed by atoms with Crippen molar-refractivity contribution < 1.29 is 9.21 Å². The van der Waals surface area contributed by atoms with Crippen LogP contribution in [0.5, 0.6) is 0 Å². The molecule has 5 rings (SSSR count). The smallest absolute Gasteiger partial charge is 0.253 e. The first-order valence-electron chi connectivity index (χ1n) is 9.65. The number of thioether (sulfide) groups is 1. The lowest BCUT2D eigenvalue weighted by Crippen LogP contribution is -2.28. The molecule has 0 aliphatic carbocycles. The summed E-state index contributed by atoms with van der Waals surface area (Å²) < 4.78 is 7.26. The second-order valence-corrected chi connectivity index (χ2v) is 9.91. The Morgan fingerprint density at radius 1 is 1.23 bits per heavy atom. The lowest BCUT2D eigenvalue weighted by molar-refractivity contribution is -0.130. The lowest BCUT2D eigenvalue weighted by atomic mass is 10.1. The van der Waals surface area contributed by atoms with E-state index in [0.717, 1.165) is 39.0 Å². The van der Waals surface area contributed by atoms with E-state index >= 15 is 0 Å². The number of carbonyl (C=O) groups excluding carboxylic acids is 1. The van der Waals surface area contributed by atoms with Crippen LogP contribution in [0.1, 0.15) is 28.0 Å². The number of aromatic nitrogens is 3. The third-order valence-electron chi connectivity index (χ3n) is 5.10. The number of hydrazone groups is 1. The molecule has 31 heavy (non-hydrogen) atoms. The van der Waals surface area contributed by atoms with Gasteiger partial charge in [-0.3, -0.25) is 4.79 Å². The van der Waals surface area contributed by atoms with Gasteiger partial charge in [0.05, 0.1) is 34.2 Å². The van der Waals surface area contributed by atoms with Crippen LogP contribution in [0.2, 0.25) is 0 Å². The average Bonchev–Trinajstić information content (AvgIpc) is 3.57. The Balaban J connectivity index is 1.34. The van der Waals surface area contributed by atoms with Gasteiger partial charge in [0.25, 0.3) is 5.91 Å². The van der Waals surface area contributed by atoms with Gasteiger partial charge in [0.2, 0.25) is 0 Å². The molecule has 0 aromatic carbocycles. The molecule has 0 saturated heterocycles. The van der Waals surface area contributed by atoms with Crippen molar-refractivity contribution in [1.82, 2.24) is 19.8 Å². The Hall–Kier alpha value is -2.69. The number of rotatable bonds is 6. The second-order valence-electron chi connectivity index (χ2n) is 7.04. The molecule has 0 unspecified atom stereocenters. The van der Waals surface area contributed by atoms with Crippen molar-refractivity contribution in [3.8, 4) is 11.4 Å². The first-order valence-corrected chi connectivity index (χ1v) is 12.4. The first-order chi connectivity index (χ1) is 15.1. The summed E-state index contributed by atoms with van der Waals surface area (Å²) in [6, 6.07) is 9.95. The van der Waals surface area contributed by atoms with Crippen LogP contribution in [0.15, 0.2) is 62.0 Å². The Labute approximate surface area is 191 Å². The van der Waals surface area contributed by atoms with Gasteiger partial charge in [-0.05, 0) is 35.9 Å². The molecule has 158 valence electrons. The highest BCUT2D eigenvalue weighted by Gasteiger charge is 2.34. The number of furan rings is 1.